The molecule has 1 unspecified atom stereocenters. The third-order valence-electron chi connectivity index (χ3n) is 5.86. The fraction of sp³-hybridized carbons (Fsp3) is 0.440. The Labute approximate surface area is 203 Å². The number of rotatable bonds is 10. The minimum atomic E-state index is -2.74. The number of aromatic nitrogens is 1. The van der Waals surface area contributed by atoms with Gasteiger partial charge in [-0.2, -0.15) is 0 Å². The summed E-state index contributed by atoms with van der Waals surface area (Å²) < 4.78 is 2.11. The van der Waals surface area contributed by atoms with Crippen LogP contribution in [0.1, 0.15) is 55.1 Å². The quantitative estimate of drug-likeness (QED) is 0.368. The number of hydrogen-bond acceptors (Lipinski definition) is 6. The number of nitrogens with zero attached hydrogens (tertiary/aromatic N) is 2. The lowest BCUT2D eigenvalue weighted by Gasteiger charge is -2.32. The largest absolute Gasteiger partial charge is 0.481 e. The zero-order valence-corrected chi connectivity index (χ0v) is 19.7. The van der Waals surface area contributed by atoms with Gasteiger partial charge in [0, 0.05) is 24.3 Å². The molecule has 1 aromatic carbocycles. The van der Waals surface area contributed by atoms with Crippen LogP contribution >= 0.6 is 0 Å². The number of aliphatic hydroxyl groups is 1. The Bertz CT molecular complexity index is 995. The van der Waals surface area contributed by atoms with Gasteiger partial charge in [-0.05, 0) is 45.0 Å². The standard InChI is InChI=1S/C19H24N2O.C6H8O7/c1-16(20-12-6-3-7-13-20)15-21-14-8-11-18(21)19(22)17-9-4-2-5-10-17;7-3(8)1-6(13,5(11)12)2-4(9)10/h2,4-5,8-11,14,16H,3,6-7,12-13,15H2,1H3;13H,1-2H2,(H,7,8)(H,9,10)(H,11,12). The molecule has 3 rings (SSSR count). The average molecular weight is 489 g/mol. The lowest BCUT2D eigenvalue weighted by Crippen LogP contribution is -2.42. The maximum atomic E-state index is 12.7. The van der Waals surface area contributed by atoms with Crippen LogP contribution in [0.4, 0.5) is 0 Å². The topological polar surface area (TPSA) is 157 Å². The predicted molar refractivity (Wildman–Crippen MR) is 126 cm³/mol. The lowest BCUT2D eigenvalue weighted by atomic mass is 9.96. The Kier molecular flexibility index (Phi) is 10.2. The maximum absolute atomic E-state index is 12.7. The van der Waals surface area contributed by atoms with E-state index in [1.54, 1.807) is 0 Å². The first-order valence-corrected chi connectivity index (χ1v) is 11.4. The van der Waals surface area contributed by atoms with E-state index in [0.717, 1.165) is 17.8 Å². The van der Waals surface area contributed by atoms with E-state index in [1.165, 1.54) is 32.4 Å². The number of ketones is 1. The van der Waals surface area contributed by atoms with Crippen molar-refractivity contribution in [1.82, 2.24) is 9.47 Å². The van der Waals surface area contributed by atoms with Crippen molar-refractivity contribution in [2.45, 2.75) is 57.2 Å². The number of hydrogen-bond donors (Lipinski definition) is 4. The van der Waals surface area contributed by atoms with E-state index >= 15 is 0 Å². The molecule has 1 aliphatic heterocycles. The highest BCUT2D eigenvalue weighted by atomic mass is 16.4. The van der Waals surface area contributed by atoms with Crippen LogP contribution in [0.25, 0.3) is 0 Å². The number of benzene rings is 1. The van der Waals surface area contributed by atoms with Crippen molar-refractivity contribution in [3.05, 3.63) is 59.9 Å². The average Bonchev–Trinajstić information content (AvgIpc) is 3.27. The first-order chi connectivity index (χ1) is 16.5. The van der Waals surface area contributed by atoms with Crippen molar-refractivity contribution < 1.29 is 39.6 Å². The number of carboxylic acids is 3. The van der Waals surface area contributed by atoms with Gasteiger partial charge >= 0.3 is 17.9 Å². The molecule has 35 heavy (non-hydrogen) atoms. The van der Waals surface area contributed by atoms with Gasteiger partial charge in [0.25, 0.3) is 0 Å². The molecule has 1 aromatic heterocycles. The Morgan fingerprint density at radius 3 is 1.97 bits per heavy atom. The summed E-state index contributed by atoms with van der Waals surface area (Å²) in [5.41, 5.74) is -1.19. The molecule has 10 nitrogen and oxygen atoms in total. The predicted octanol–water partition coefficient (Wildman–Crippen LogP) is 2.34. The molecule has 190 valence electrons. The molecule has 0 amide bonds. The fourth-order valence-corrected chi connectivity index (χ4v) is 3.99. The molecule has 1 atom stereocenters. The third kappa shape index (κ3) is 8.34. The number of aliphatic carboxylic acids is 3. The molecule has 0 aliphatic carbocycles. The van der Waals surface area contributed by atoms with E-state index in [2.05, 4.69) is 16.4 Å². The summed E-state index contributed by atoms with van der Waals surface area (Å²) in [6, 6.07) is 13.9. The van der Waals surface area contributed by atoms with Gasteiger partial charge in [-0.3, -0.25) is 19.3 Å². The monoisotopic (exact) mass is 488 g/mol. The first-order valence-electron chi connectivity index (χ1n) is 11.4. The highest BCUT2D eigenvalue weighted by Crippen LogP contribution is 2.17. The molecule has 0 saturated carbocycles. The zero-order valence-electron chi connectivity index (χ0n) is 19.7. The van der Waals surface area contributed by atoms with Crippen LogP contribution in [-0.4, -0.2) is 78.3 Å². The number of carbonyl (C=O) groups is 4. The normalized spacial score (nSPS) is 14.9. The minimum absolute atomic E-state index is 0.108. The lowest BCUT2D eigenvalue weighted by molar-refractivity contribution is -0.170. The van der Waals surface area contributed by atoms with Gasteiger partial charge in [-0.1, -0.05) is 36.8 Å². The van der Waals surface area contributed by atoms with Crippen LogP contribution in [0.15, 0.2) is 48.7 Å². The minimum Gasteiger partial charge on any atom is -0.481 e. The van der Waals surface area contributed by atoms with E-state index in [9.17, 15) is 19.2 Å². The summed E-state index contributed by atoms with van der Waals surface area (Å²) in [5, 5.41) is 33.8. The van der Waals surface area contributed by atoms with Gasteiger partial charge in [-0.25, -0.2) is 4.79 Å². The van der Waals surface area contributed by atoms with Crippen molar-refractivity contribution in [3.8, 4) is 0 Å². The molecule has 1 fully saturated rings. The molecular formula is C25H32N2O8. The van der Waals surface area contributed by atoms with Gasteiger partial charge < -0.3 is 25.0 Å². The molecular weight excluding hydrogens is 456 g/mol. The molecule has 2 heterocycles. The summed E-state index contributed by atoms with van der Waals surface area (Å²) in [6.07, 6.45) is 3.68. The van der Waals surface area contributed by atoms with Gasteiger partial charge in [0.2, 0.25) is 5.78 Å². The van der Waals surface area contributed by atoms with E-state index in [4.69, 9.17) is 20.4 Å². The van der Waals surface area contributed by atoms with Crippen LogP contribution in [0.2, 0.25) is 0 Å². The van der Waals surface area contributed by atoms with Gasteiger partial charge in [0.05, 0.1) is 18.5 Å². The second-order valence-electron chi connectivity index (χ2n) is 8.66. The van der Waals surface area contributed by atoms with Crippen LogP contribution in [-0.2, 0) is 20.9 Å². The van der Waals surface area contributed by atoms with E-state index in [0.29, 0.717) is 6.04 Å². The number of piperidine rings is 1. The van der Waals surface area contributed by atoms with Crippen molar-refractivity contribution in [2.75, 3.05) is 13.1 Å². The van der Waals surface area contributed by atoms with Crippen molar-refractivity contribution in [1.29, 1.82) is 0 Å². The van der Waals surface area contributed by atoms with Crippen molar-refractivity contribution in [2.24, 2.45) is 0 Å². The molecule has 4 N–H and O–H groups in total. The second-order valence-corrected chi connectivity index (χ2v) is 8.66. The highest BCUT2D eigenvalue weighted by molar-refractivity contribution is 6.07. The first kappa shape index (κ1) is 27.7. The summed E-state index contributed by atoms with van der Waals surface area (Å²) in [5.74, 6) is -4.91. The summed E-state index contributed by atoms with van der Waals surface area (Å²) in [4.78, 5) is 45.7. The number of carbonyl (C=O) groups excluding carboxylic acids is 1. The smallest absolute Gasteiger partial charge is 0.336 e. The van der Waals surface area contributed by atoms with Crippen LogP contribution in [0, 0.1) is 0 Å². The Balaban J connectivity index is 0.000000287. The number of carboxylic acid groups (broad SMARTS) is 3. The molecule has 10 heteroatoms. The third-order valence-corrected chi connectivity index (χ3v) is 5.86. The van der Waals surface area contributed by atoms with E-state index in [1.807, 2.05) is 48.7 Å². The van der Waals surface area contributed by atoms with Crippen LogP contribution in [0.5, 0.6) is 0 Å². The van der Waals surface area contributed by atoms with Crippen LogP contribution < -0.4 is 0 Å². The molecule has 0 radical (unpaired) electrons. The van der Waals surface area contributed by atoms with Gasteiger partial charge in [-0.15, -0.1) is 0 Å². The zero-order chi connectivity index (χ0) is 26.0. The van der Waals surface area contributed by atoms with Gasteiger partial charge in [0.1, 0.15) is 0 Å². The molecule has 1 aliphatic rings. The molecule has 0 spiro atoms. The summed E-state index contributed by atoms with van der Waals surface area (Å²) >= 11 is 0. The number of likely N-dealkylation sites (tertiary alicyclic amines) is 1. The van der Waals surface area contributed by atoms with Crippen molar-refractivity contribution in [3.63, 3.8) is 0 Å². The fourth-order valence-electron chi connectivity index (χ4n) is 3.99. The van der Waals surface area contributed by atoms with Crippen molar-refractivity contribution >= 4 is 23.7 Å². The molecule has 1 saturated heterocycles. The van der Waals surface area contributed by atoms with Crippen LogP contribution in [0.3, 0.4) is 0 Å². The highest BCUT2D eigenvalue weighted by Gasteiger charge is 2.40. The Morgan fingerprint density at radius 2 is 1.46 bits per heavy atom. The van der Waals surface area contributed by atoms with Gasteiger partial charge in [0.15, 0.2) is 5.60 Å². The Morgan fingerprint density at radius 1 is 0.886 bits per heavy atom. The molecule has 0 bridgehead atoms. The summed E-state index contributed by atoms with van der Waals surface area (Å²) in [6.45, 7) is 5.51. The van der Waals surface area contributed by atoms with E-state index in [-0.39, 0.29) is 5.78 Å². The summed E-state index contributed by atoms with van der Waals surface area (Å²) in [7, 11) is 0. The molecule has 2 aromatic rings. The SMILES string of the molecule is CC(Cn1cccc1C(=O)c1ccccc1)N1CCCCC1.O=C(O)CC(O)(CC(=O)O)C(=O)O. The maximum Gasteiger partial charge on any atom is 0.336 e. The second kappa shape index (κ2) is 12.8. The Hall–Kier alpha value is -3.50. The van der Waals surface area contributed by atoms with E-state index < -0.39 is 36.4 Å².